The number of hydrogen-bond acceptors (Lipinski definition) is 1. The fraction of sp³-hybridized carbons (Fsp3) is 0.500. The number of halogens is 2. The van der Waals surface area contributed by atoms with Crippen LogP contribution in [0.15, 0.2) is 18.2 Å². The van der Waals surface area contributed by atoms with E-state index in [0.717, 1.165) is 10.8 Å². The summed E-state index contributed by atoms with van der Waals surface area (Å²) in [6, 6.07) is 6.32. The molecule has 2 nitrogen and oxygen atoms in total. The molecule has 1 fully saturated rings. The minimum atomic E-state index is 0.471. The number of nitrogens with zero attached hydrogens (tertiary/aromatic N) is 1. The van der Waals surface area contributed by atoms with Crippen molar-refractivity contribution in [3.63, 3.8) is 0 Å². The van der Waals surface area contributed by atoms with Crippen molar-refractivity contribution in [2.75, 3.05) is 5.32 Å². The second kappa shape index (κ2) is 6.29. The Hall–Kier alpha value is -0.510. The van der Waals surface area contributed by atoms with Gasteiger partial charge in [-0.2, -0.15) is 0 Å². The molecule has 0 saturated carbocycles. The molecule has 0 aliphatic carbocycles. The Morgan fingerprint density at radius 3 is 2.21 bits per heavy atom. The largest absolute Gasteiger partial charge is 0.344 e. The number of hydrogen-bond donors (Lipinski definition) is 1. The molecule has 0 radical (unpaired) electrons. The molecule has 0 amide bonds. The molecule has 1 N–H and O–H groups in total. The maximum absolute atomic E-state index is 6.00. The van der Waals surface area contributed by atoms with Crippen LogP contribution < -0.4 is 5.32 Å². The van der Waals surface area contributed by atoms with Crippen molar-refractivity contribution in [3.8, 4) is 0 Å². The van der Waals surface area contributed by atoms with Crippen molar-refractivity contribution >= 4 is 46.2 Å². The van der Waals surface area contributed by atoms with Crippen LogP contribution in [0.5, 0.6) is 0 Å². The molecule has 2 atom stereocenters. The lowest BCUT2D eigenvalue weighted by Gasteiger charge is -2.40. The Labute approximate surface area is 130 Å². The molecule has 1 aromatic rings. The van der Waals surface area contributed by atoms with Gasteiger partial charge in [0.05, 0.1) is 0 Å². The first-order valence-electron chi connectivity index (χ1n) is 6.53. The number of thiocarbonyl (C=S) groups is 1. The fourth-order valence-corrected chi connectivity index (χ4v) is 3.64. The molecule has 104 valence electrons. The third-order valence-corrected chi connectivity index (χ3v) is 4.29. The third-order valence-electron chi connectivity index (χ3n) is 3.54. The molecule has 1 saturated heterocycles. The van der Waals surface area contributed by atoms with Crippen LogP contribution in [0.25, 0.3) is 0 Å². The van der Waals surface area contributed by atoms with E-state index in [-0.39, 0.29) is 0 Å². The van der Waals surface area contributed by atoms with E-state index < -0.39 is 0 Å². The molecule has 1 heterocycles. The zero-order chi connectivity index (χ0) is 14.0. The predicted molar refractivity (Wildman–Crippen MR) is 87.3 cm³/mol. The van der Waals surface area contributed by atoms with Gasteiger partial charge in [0.2, 0.25) is 0 Å². The van der Waals surface area contributed by atoms with E-state index in [0.29, 0.717) is 22.1 Å². The maximum Gasteiger partial charge on any atom is 0.173 e. The SMILES string of the molecule is CC1CCCC(C)N1C(=S)Nc1cc(Cl)cc(Cl)c1. The number of nitrogens with one attached hydrogen (secondary N) is 1. The van der Waals surface area contributed by atoms with Gasteiger partial charge in [0.1, 0.15) is 0 Å². The summed E-state index contributed by atoms with van der Waals surface area (Å²) in [5.74, 6) is 0. The quantitative estimate of drug-likeness (QED) is 0.738. The average molecular weight is 317 g/mol. The van der Waals surface area contributed by atoms with Gasteiger partial charge < -0.3 is 10.2 Å². The van der Waals surface area contributed by atoms with Crippen molar-refractivity contribution in [1.82, 2.24) is 4.90 Å². The zero-order valence-electron chi connectivity index (χ0n) is 11.1. The molecule has 19 heavy (non-hydrogen) atoms. The van der Waals surface area contributed by atoms with Gasteiger partial charge in [-0.05, 0) is 63.5 Å². The minimum Gasteiger partial charge on any atom is -0.344 e. The lowest BCUT2D eigenvalue weighted by Crippen LogP contribution is -2.49. The number of likely N-dealkylation sites (tertiary alicyclic amines) is 1. The van der Waals surface area contributed by atoms with Crippen molar-refractivity contribution in [1.29, 1.82) is 0 Å². The molecule has 0 bridgehead atoms. The van der Waals surface area contributed by atoms with E-state index in [1.54, 1.807) is 6.07 Å². The Morgan fingerprint density at radius 2 is 1.68 bits per heavy atom. The smallest absolute Gasteiger partial charge is 0.173 e. The van der Waals surface area contributed by atoms with Crippen LogP contribution >= 0.6 is 35.4 Å². The normalized spacial score (nSPS) is 23.3. The summed E-state index contributed by atoms with van der Waals surface area (Å²) in [6.45, 7) is 4.43. The molecular weight excluding hydrogens is 299 g/mol. The van der Waals surface area contributed by atoms with Gasteiger partial charge in [0, 0.05) is 27.8 Å². The summed E-state index contributed by atoms with van der Waals surface area (Å²) in [5.41, 5.74) is 0.840. The van der Waals surface area contributed by atoms with Crippen LogP contribution in [0.3, 0.4) is 0 Å². The molecule has 1 aliphatic heterocycles. The lowest BCUT2D eigenvalue weighted by molar-refractivity contribution is 0.194. The average Bonchev–Trinajstić information content (AvgIpc) is 2.26. The van der Waals surface area contributed by atoms with Crippen LogP contribution in [0.1, 0.15) is 33.1 Å². The highest BCUT2D eigenvalue weighted by atomic mass is 35.5. The zero-order valence-corrected chi connectivity index (χ0v) is 13.4. The maximum atomic E-state index is 6.00. The van der Waals surface area contributed by atoms with Gasteiger partial charge in [0.25, 0.3) is 0 Å². The first-order valence-corrected chi connectivity index (χ1v) is 7.69. The van der Waals surface area contributed by atoms with E-state index in [1.807, 2.05) is 12.1 Å². The summed E-state index contributed by atoms with van der Waals surface area (Å²) in [7, 11) is 0. The van der Waals surface area contributed by atoms with E-state index in [9.17, 15) is 0 Å². The van der Waals surface area contributed by atoms with Crippen molar-refractivity contribution in [2.45, 2.75) is 45.2 Å². The molecule has 0 aromatic heterocycles. The minimum absolute atomic E-state index is 0.471. The van der Waals surface area contributed by atoms with Crippen molar-refractivity contribution in [3.05, 3.63) is 28.2 Å². The summed E-state index contributed by atoms with van der Waals surface area (Å²) < 4.78 is 0. The van der Waals surface area contributed by atoms with Gasteiger partial charge in [-0.25, -0.2) is 0 Å². The van der Waals surface area contributed by atoms with Crippen LogP contribution in [-0.4, -0.2) is 22.1 Å². The van der Waals surface area contributed by atoms with Gasteiger partial charge in [-0.3, -0.25) is 0 Å². The van der Waals surface area contributed by atoms with Crippen LogP contribution in [-0.2, 0) is 0 Å². The first-order chi connectivity index (χ1) is 8.97. The molecule has 1 aromatic carbocycles. The monoisotopic (exact) mass is 316 g/mol. The van der Waals surface area contributed by atoms with Crippen molar-refractivity contribution < 1.29 is 0 Å². The fourth-order valence-electron chi connectivity index (χ4n) is 2.64. The highest BCUT2D eigenvalue weighted by molar-refractivity contribution is 7.80. The summed E-state index contributed by atoms with van der Waals surface area (Å²) in [4.78, 5) is 2.27. The Balaban J connectivity index is 2.11. The highest BCUT2D eigenvalue weighted by Crippen LogP contribution is 2.26. The summed E-state index contributed by atoms with van der Waals surface area (Å²) >= 11 is 17.5. The summed E-state index contributed by atoms with van der Waals surface area (Å²) in [6.07, 6.45) is 3.63. The van der Waals surface area contributed by atoms with E-state index >= 15 is 0 Å². The molecule has 1 aliphatic rings. The summed E-state index contributed by atoms with van der Waals surface area (Å²) in [5, 5.41) is 5.21. The van der Waals surface area contributed by atoms with E-state index in [4.69, 9.17) is 35.4 Å². The third kappa shape index (κ3) is 3.74. The molecule has 2 rings (SSSR count). The van der Waals surface area contributed by atoms with Crippen LogP contribution in [0, 0.1) is 0 Å². The standard InChI is InChI=1S/C14H18Cl2N2S/c1-9-4-3-5-10(2)18(9)14(19)17-13-7-11(15)6-12(16)8-13/h6-10H,3-5H2,1-2H3,(H,17,19). The van der Waals surface area contributed by atoms with Gasteiger partial charge in [-0.1, -0.05) is 23.2 Å². The van der Waals surface area contributed by atoms with Crippen LogP contribution in [0.4, 0.5) is 5.69 Å². The number of anilines is 1. The van der Waals surface area contributed by atoms with E-state index in [2.05, 4.69) is 24.1 Å². The van der Waals surface area contributed by atoms with Gasteiger partial charge in [0.15, 0.2) is 5.11 Å². The topological polar surface area (TPSA) is 15.3 Å². The number of piperidine rings is 1. The van der Waals surface area contributed by atoms with Crippen LogP contribution in [0.2, 0.25) is 10.0 Å². The second-order valence-corrected chi connectivity index (χ2v) is 6.38. The number of rotatable bonds is 1. The molecular formula is C14H18Cl2N2S. The Morgan fingerprint density at radius 1 is 1.16 bits per heavy atom. The van der Waals surface area contributed by atoms with Gasteiger partial charge in [-0.15, -0.1) is 0 Å². The molecule has 2 unspecified atom stereocenters. The number of benzene rings is 1. The van der Waals surface area contributed by atoms with Gasteiger partial charge >= 0.3 is 0 Å². The Bertz CT molecular complexity index is 448. The first kappa shape index (κ1) is 14.9. The van der Waals surface area contributed by atoms with E-state index in [1.165, 1.54) is 19.3 Å². The highest BCUT2D eigenvalue weighted by Gasteiger charge is 2.26. The molecule has 0 spiro atoms. The molecule has 5 heteroatoms. The van der Waals surface area contributed by atoms with Crippen molar-refractivity contribution in [2.24, 2.45) is 0 Å². The second-order valence-electron chi connectivity index (χ2n) is 5.12. The lowest BCUT2D eigenvalue weighted by atomic mass is 9.98. The Kier molecular flexibility index (Phi) is 4.93. The predicted octanol–water partition coefficient (Wildman–Crippen LogP) is 4.95.